The van der Waals surface area contributed by atoms with Crippen LogP contribution in [0.25, 0.3) is 10.9 Å². The summed E-state index contributed by atoms with van der Waals surface area (Å²) in [6.07, 6.45) is 3.82. The molecule has 1 aliphatic rings. The maximum Gasteiger partial charge on any atom is 0.252 e. The summed E-state index contributed by atoms with van der Waals surface area (Å²) in [5, 5.41) is 13.7. The van der Waals surface area contributed by atoms with Crippen LogP contribution in [0.3, 0.4) is 0 Å². The van der Waals surface area contributed by atoms with E-state index in [1.165, 1.54) is 0 Å². The van der Waals surface area contributed by atoms with Gasteiger partial charge in [0.1, 0.15) is 12.3 Å². The fourth-order valence-corrected chi connectivity index (χ4v) is 5.20. The standard InChI is InChI=1S/C27H34N6O3/c1-17(2)25(26-29-30-31-33(26)16-23-8-6-12-36-23)32(15-22-7-5-11-35-22)14-21-13-20-10-9-18(3)19(4)24(20)28-27(21)34/h6,8-10,12-13,17,22,25H,5,7,11,14-16H2,1-4H3,(H,28,34)/t22-,25+/m0/s1. The van der Waals surface area contributed by atoms with Crippen molar-refractivity contribution in [3.05, 3.63) is 75.2 Å². The van der Waals surface area contributed by atoms with Crippen LogP contribution in [-0.2, 0) is 17.8 Å². The van der Waals surface area contributed by atoms with E-state index in [0.29, 0.717) is 19.6 Å². The molecule has 36 heavy (non-hydrogen) atoms. The normalized spacial score (nSPS) is 17.0. The molecule has 0 amide bonds. The maximum atomic E-state index is 13.3. The van der Waals surface area contributed by atoms with Gasteiger partial charge in [-0.25, -0.2) is 4.68 Å². The summed E-state index contributed by atoms with van der Waals surface area (Å²) in [7, 11) is 0. The first-order valence-corrected chi connectivity index (χ1v) is 12.7. The molecular weight excluding hydrogens is 456 g/mol. The second kappa shape index (κ2) is 10.4. The van der Waals surface area contributed by atoms with E-state index in [1.54, 1.807) is 10.9 Å². The van der Waals surface area contributed by atoms with Crippen LogP contribution in [0.4, 0.5) is 0 Å². The number of aromatic amines is 1. The Bertz CT molecular complexity index is 1370. The Morgan fingerprint density at radius 2 is 2.11 bits per heavy atom. The summed E-state index contributed by atoms with van der Waals surface area (Å²) in [4.78, 5) is 18.7. The first-order valence-electron chi connectivity index (χ1n) is 12.7. The smallest absolute Gasteiger partial charge is 0.252 e. The molecule has 9 nitrogen and oxygen atoms in total. The molecule has 4 aromatic rings. The molecule has 1 aromatic carbocycles. The van der Waals surface area contributed by atoms with Gasteiger partial charge in [0.15, 0.2) is 5.82 Å². The average Bonchev–Trinajstić information content (AvgIpc) is 3.62. The lowest BCUT2D eigenvalue weighted by atomic mass is 9.99. The SMILES string of the molecule is Cc1ccc2cc(CN(C[C@@H]3CCCO3)[C@@H](c3nnnn3Cc3ccco3)C(C)C)c(=O)[nH]c2c1C. The number of pyridine rings is 1. The van der Waals surface area contributed by atoms with Crippen LogP contribution in [-0.4, -0.2) is 49.3 Å². The van der Waals surface area contributed by atoms with Crippen LogP contribution in [0.2, 0.25) is 0 Å². The van der Waals surface area contributed by atoms with Gasteiger partial charge in [0.05, 0.1) is 23.9 Å². The number of nitrogens with one attached hydrogen (secondary N) is 1. The highest BCUT2D eigenvalue weighted by Gasteiger charge is 2.32. The number of aryl methyl sites for hydroxylation is 2. The van der Waals surface area contributed by atoms with Crippen molar-refractivity contribution in [2.24, 2.45) is 5.92 Å². The molecule has 3 aromatic heterocycles. The Labute approximate surface area is 210 Å². The second-order valence-electron chi connectivity index (χ2n) is 10.1. The molecule has 1 N–H and O–H groups in total. The molecule has 2 atom stereocenters. The van der Waals surface area contributed by atoms with Crippen molar-refractivity contribution >= 4 is 10.9 Å². The van der Waals surface area contributed by atoms with E-state index in [4.69, 9.17) is 9.15 Å². The second-order valence-corrected chi connectivity index (χ2v) is 10.1. The highest BCUT2D eigenvalue weighted by molar-refractivity contribution is 5.83. The molecule has 0 spiro atoms. The number of ether oxygens (including phenoxy) is 1. The van der Waals surface area contributed by atoms with Crippen molar-refractivity contribution in [2.75, 3.05) is 13.2 Å². The van der Waals surface area contributed by atoms with Crippen LogP contribution in [0, 0.1) is 19.8 Å². The van der Waals surface area contributed by atoms with Gasteiger partial charge in [-0.1, -0.05) is 26.0 Å². The van der Waals surface area contributed by atoms with Gasteiger partial charge in [-0.05, 0) is 77.7 Å². The summed E-state index contributed by atoms with van der Waals surface area (Å²) in [6.45, 7) is 10.8. The highest BCUT2D eigenvalue weighted by atomic mass is 16.5. The van der Waals surface area contributed by atoms with E-state index in [2.05, 4.69) is 58.3 Å². The molecule has 1 aliphatic heterocycles. The molecule has 0 aliphatic carbocycles. The third-order valence-electron chi connectivity index (χ3n) is 7.20. The fourth-order valence-electron chi connectivity index (χ4n) is 5.20. The van der Waals surface area contributed by atoms with Crippen LogP contribution in [0.1, 0.15) is 61.0 Å². The molecule has 1 fully saturated rings. The van der Waals surface area contributed by atoms with Crippen LogP contribution in [0.5, 0.6) is 0 Å². The van der Waals surface area contributed by atoms with Gasteiger partial charge in [0, 0.05) is 25.3 Å². The number of H-pyrrole nitrogens is 1. The number of aromatic nitrogens is 5. The molecule has 0 bridgehead atoms. The minimum atomic E-state index is -0.117. The van der Waals surface area contributed by atoms with Gasteiger partial charge < -0.3 is 14.1 Å². The highest BCUT2D eigenvalue weighted by Crippen LogP contribution is 2.31. The van der Waals surface area contributed by atoms with Crippen molar-refractivity contribution in [1.29, 1.82) is 0 Å². The molecule has 4 heterocycles. The molecule has 190 valence electrons. The lowest BCUT2D eigenvalue weighted by Crippen LogP contribution is -2.40. The number of hydrogen-bond acceptors (Lipinski definition) is 7. The molecule has 1 saturated heterocycles. The summed E-state index contributed by atoms with van der Waals surface area (Å²) in [5.74, 6) is 1.73. The number of fused-ring (bicyclic) bond motifs is 1. The van der Waals surface area contributed by atoms with Crippen molar-refractivity contribution in [3.63, 3.8) is 0 Å². The van der Waals surface area contributed by atoms with Gasteiger partial charge in [-0.3, -0.25) is 9.69 Å². The predicted molar refractivity (Wildman–Crippen MR) is 137 cm³/mol. The quantitative estimate of drug-likeness (QED) is 0.376. The van der Waals surface area contributed by atoms with Crippen molar-refractivity contribution in [2.45, 2.75) is 65.8 Å². The largest absolute Gasteiger partial charge is 0.467 e. The zero-order valence-electron chi connectivity index (χ0n) is 21.4. The Morgan fingerprint density at radius 3 is 2.83 bits per heavy atom. The summed E-state index contributed by atoms with van der Waals surface area (Å²) in [6, 6.07) is 9.85. The van der Waals surface area contributed by atoms with E-state index in [1.807, 2.05) is 25.1 Å². The van der Waals surface area contributed by atoms with Gasteiger partial charge in [0.25, 0.3) is 5.56 Å². The van der Waals surface area contributed by atoms with E-state index in [9.17, 15) is 4.79 Å². The van der Waals surface area contributed by atoms with Gasteiger partial charge >= 0.3 is 0 Å². The van der Waals surface area contributed by atoms with E-state index in [0.717, 1.165) is 58.6 Å². The molecule has 0 unspecified atom stereocenters. The molecular formula is C27H34N6O3. The number of hydrogen-bond donors (Lipinski definition) is 1. The summed E-state index contributed by atoms with van der Waals surface area (Å²) >= 11 is 0. The Balaban J connectivity index is 1.52. The molecule has 0 saturated carbocycles. The van der Waals surface area contributed by atoms with E-state index >= 15 is 0 Å². The Morgan fingerprint density at radius 1 is 1.25 bits per heavy atom. The molecule has 0 radical (unpaired) electrons. The third-order valence-corrected chi connectivity index (χ3v) is 7.20. The van der Waals surface area contributed by atoms with Crippen LogP contribution < -0.4 is 5.56 Å². The molecule has 9 heteroatoms. The fraction of sp³-hybridized carbons (Fsp3) is 0.481. The Kier molecular flexibility index (Phi) is 7.02. The molecule has 5 rings (SSSR count). The number of tetrazole rings is 1. The third kappa shape index (κ3) is 4.99. The van der Waals surface area contributed by atoms with Gasteiger partial charge in [-0.2, -0.15) is 0 Å². The monoisotopic (exact) mass is 490 g/mol. The topological polar surface area (TPSA) is 102 Å². The van der Waals surface area contributed by atoms with Crippen molar-refractivity contribution in [3.8, 4) is 0 Å². The lowest BCUT2D eigenvalue weighted by Gasteiger charge is -2.35. The number of furan rings is 1. The lowest BCUT2D eigenvalue weighted by molar-refractivity contribution is 0.0384. The number of nitrogens with zero attached hydrogens (tertiary/aromatic N) is 5. The van der Waals surface area contributed by atoms with Gasteiger partial charge in [0.2, 0.25) is 0 Å². The summed E-state index contributed by atoms with van der Waals surface area (Å²) < 4.78 is 13.4. The minimum Gasteiger partial charge on any atom is -0.467 e. The first kappa shape index (κ1) is 24.4. The minimum absolute atomic E-state index is 0.0637. The van der Waals surface area contributed by atoms with Crippen LogP contribution in [0.15, 0.2) is 45.8 Å². The van der Waals surface area contributed by atoms with E-state index in [-0.39, 0.29) is 23.6 Å². The van der Waals surface area contributed by atoms with Crippen molar-refractivity contribution in [1.82, 2.24) is 30.1 Å². The van der Waals surface area contributed by atoms with Crippen LogP contribution >= 0.6 is 0 Å². The zero-order chi connectivity index (χ0) is 25.2. The van der Waals surface area contributed by atoms with Crippen molar-refractivity contribution < 1.29 is 9.15 Å². The first-order chi connectivity index (χ1) is 17.4. The average molecular weight is 491 g/mol. The maximum absolute atomic E-state index is 13.3. The van der Waals surface area contributed by atoms with E-state index < -0.39 is 0 Å². The number of benzene rings is 1. The van der Waals surface area contributed by atoms with Gasteiger partial charge in [-0.15, -0.1) is 5.10 Å². The summed E-state index contributed by atoms with van der Waals surface area (Å²) in [5.41, 5.74) is 3.82. The number of rotatable bonds is 9. The zero-order valence-corrected chi connectivity index (χ0v) is 21.4. The predicted octanol–water partition coefficient (Wildman–Crippen LogP) is 4.15. The Hall–Kier alpha value is -3.30.